The van der Waals surface area contributed by atoms with Gasteiger partial charge in [0.05, 0.1) is 13.2 Å². The van der Waals surface area contributed by atoms with Crippen molar-refractivity contribution < 1.29 is 4.74 Å². The summed E-state index contributed by atoms with van der Waals surface area (Å²) in [5.74, 6) is 0. The lowest BCUT2D eigenvalue weighted by Gasteiger charge is -2.26. The van der Waals surface area contributed by atoms with E-state index in [4.69, 9.17) is 4.74 Å². The van der Waals surface area contributed by atoms with Crippen molar-refractivity contribution in [1.82, 2.24) is 4.90 Å². The lowest BCUT2D eigenvalue weighted by atomic mass is 10.1. The van der Waals surface area contributed by atoms with Crippen molar-refractivity contribution in [3.63, 3.8) is 0 Å². The summed E-state index contributed by atoms with van der Waals surface area (Å²) in [5, 5.41) is 3.15. The Labute approximate surface area is 118 Å². The second-order valence-corrected chi connectivity index (χ2v) is 5.70. The maximum atomic E-state index is 5.38. The fraction of sp³-hybridized carbons (Fsp3) is 0.375. The van der Waals surface area contributed by atoms with Crippen LogP contribution >= 0.6 is 11.3 Å². The second-order valence-electron chi connectivity index (χ2n) is 4.82. The first-order chi connectivity index (χ1) is 9.42. The summed E-state index contributed by atoms with van der Waals surface area (Å²) < 4.78 is 5.38. The Kier molecular flexibility index (Phi) is 4.28. The SMILES string of the molecule is [c]1ccc(-c2cccc(CCN3CCOCC3)c2)s1. The Balaban J connectivity index is 1.63. The average molecular weight is 272 g/mol. The van der Waals surface area contributed by atoms with Crippen molar-refractivity contribution in [2.75, 3.05) is 32.8 Å². The van der Waals surface area contributed by atoms with Crippen LogP contribution in [0.25, 0.3) is 10.4 Å². The molecule has 99 valence electrons. The van der Waals surface area contributed by atoms with Crippen molar-refractivity contribution >= 4 is 11.3 Å². The molecule has 1 fully saturated rings. The Morgan fingerprint density at radius 1 is 1.21 bits per heavy atom. The molecule has 19 heavy (non-hydrogen) atoms. The number of hydrogen-bond acceptors (Lipinski definition) is 3. The van der Waals surface area contributed by atoms with Crippen molar-refractivity contribution in [1.29, 1.82) is 0 Å². The molecule has 1 radical (unpaired) electrons. The Hall–Kier alpha value is -1.16. The predicted molar refractivity (Wildman–Crippen MR) is 79.6 cm³/mol. The highest BCUT2D eigenvalue weighted by Gasteiger charge is 2.10. The molecule has 0 spiro atoms. The van der Waals surface area contributed by atoms with Gasteiger partial charge in [-0.05, 0) is 29.7 Å². The second kappa shape index (κ2) is 6.33. The minimum Gasteiger partial charge on any atom is -0.379 e. The Morgan fingerprint density at radius 3 is 2.89 bits per heavy atom. The van der Waals surface area contributed by atoms with Crippen LogP contribution in [0.4, 0.5) is 0 Å². The van der Waals surface area contributed by atoms with Crippen molar-refractivity contribution in [3.05, 3.63) is 47.3 Å². The maximum Gasteiger partial charge on any atom is 0.0594 e. The van der Waals surface area contributed by atoms with Crippen LogP contribution in [0.2, 0.25) is 0 Å². The molecular weight excluding hydrogens is 254 g/mol. The van der Waals surface area contributed by atoms with Gasteiger partial charge < -0.3 is 4.74 Å². The molecule has 2 nitrogen and oxygen atoms in total. The van der Waals surface area contributed by atoms with Crippen LogP contribution in [0.5, 0.6) is 0 Å². The molecular formula is C16H18NOS. The van der Waals surface area contributed by atoms with Gasteiger partial charge in [0.25, 0.3) is 0 Å². The molecule has 0 N–H and O–H groups in total. The van der Waals surface area contributed by atoms with Crippen LogP contribution in [0.3, 0.4) is 0 Å². The van der Waals surface area contributed by atoms with Gasteiger partial charge in [0.15, 0.2) is 0 Å². The first kappa shape index (κ1) is 12.9. The third-order valence-corrected chi connectivity index (χ3v) is 4.35. The molecule has 1 aliphatic rings. The summed E-state index contributed by atoms with van der Waals surface area (Å²) in [6.07, 6.45) is 1.11. The molecule has 3 heteroatoms. The molecule has 0 saturated carbocycles. The average Bonchev–Trinajstić information content (AvgIpc) is 3.01. The lowest BCUT2D eigenvalue weighted by Crippen LogP contribution is -2.37. The van der Waals surface area contributed by atoms with E-state index in [-0.39, 0.29) is 0 Å². The lowest BCUT2D eigenvalue weighted by molar-refractivity contribution is 0.0384. The largest absolute Gasteiger partial charge is 0.379 e. The van der Waals surface area contributed by atoms with Gasteiger partial charge in [-0.15, -0.1) is 11.3 Å². The van der Waals surface area contributed by atoms with E-state index < -0.39 is 0 Å². The Morgan fingerprint density at radius 2 is 2.11 bits per heavy atom. The summed E-state index contributed by atoms with van der Waals surface area (Å²) in [7, 11) is 0. The van der Waals surface area contributed by atoms with E-state index in [2.05, 4.69) is 40.6 Å². The highest BCUT2D eigenvalue weighted by atomic mass is 32.1. The smallest absolute Gasteiger partial charge is 0.0594 e. The fourth-order valence-corrected chi connectivity index (χ4v) is 3.03. The molecule has 1 saturated heterocycles. The van der Waals surface area contributed by atoms with E-state index in [0.717, 1.165) is 39.3 Å². The van der Waals surface area contributed by atoms with E-state index in [9.17, 15) is 0 Å². The number of hydrogen-bond donors (Lipinski definition) is 0. The number of ether oxygens (including phenoxy) is 1. The molecule has 2 heterocycles. The van der Waals surface area contributed by atoms with Crippen LogP contribution in [0, 0.1) is 5.38 Å². The predicted octanol–water partition coefficient (Wildman–Crippen LogP) is 3.09. The monoisotopic (exact) mass is 272 g/mol. The summed E-state index contributed by atoms with van der Waals surface area (Å²) in [6, 6.07) is 13.0. The van der Waals surface area contributed by atoms with Gasteiger partial charge in [0, 0.05) is 29.9 Å². The number of benzene rings is 1. The molecule has 1 aromatic heterocycles. The van der Waals surface area contributed by atoms with Crippen LogP contribution in [-0.2, 0) is 11.2 Å². The van der Waals surface area contributed by atoms with Crippen LogP contribution in [0.15, 0.2) is 36.4 Å². The van der Waals surface area contributed by atoms with E-state index in [1.807, 2.05) is 6.07 Å². The fourth-order valence-electron chi connectivity index (χ4n) is 2.39. The zero-order valence-corrected chi connectivity index (χ0v) is 11.8. The molecule has 1 aliphatic heterocycles. The van der Waals surface area contributed by atoms with Gasteiger partial charge in [0.1, 0.15) is 0 Å². The minimum atomic E-state index is 0.880. The molecule has 3 rings (SSSR count). The van der Waals surface area contributed by atoms with Crippen LogP contribution in [0.1, 0.15) is 5.56 Å². The first-order valence-electron chi connectivity index (χ1n) is 6.77. The zero-order valence-electron chi connectivity index (χ0n) is 11.0. The highest BCUT2D eigenvalue weighted by Crippen LogP contribution is 2.25. The number of morpholine rings is 1. The van der Waals surface area contributed by atoms with Gasteiger partial charge in [-0.1, -0.05) is 24.3 Å². The van der Waals surface area contributed by atoms with Crippen molar-refractivity contribution in [3.8, 4) is 10.4 Å². The normalized spacial score (nSPS) is 16.6. The van der Waals surface area contributed by atoms with Gasteiger partial charge in [-0.2, -0.15) is 0 Å². The molecule has 0 unspecified atom stereocenters. The van der Waals surface area contributed by atoms with E-state index >= 15 is 0 Å². The molecule has 0 atom stereocenters. The molecule has 0 amide bonds. The van der Waals surface area contributed by atoms with Gasteiger partial charge >= 0.3 is 0 Å². The molecule has 2 aromatic rings. The van der Waals surface area contributed by atoms with Gasteiger partial charge in [-0.25, -0.2) is 0 Å². The first-order valence-corrected chi connectivity index (χ1v) is 7.59. The molecule has 0 aliphatic carbocycles. The van der Waals surface area contributed by atoms with Crippen LogP contribution < -0.4 is 0 Å². The number of thiophene rings is 1. The number of nitrogens with zero attached hydrogens (tertiary/aromatic N) is 1. The summed E-state index contributed by atoms with van der Waals surface area (Å²) in [6.45, 7) is 5.03. The topological polar surface area (TPSA) is 12.5 Å². The standard InChI is InChI=1S/C16H18NOS/c1-3-14(6-7-17-8-10-18-11-9-17)13-15(4-1)16-5-2-12-19-16/h1-5,13H,6-11H2. The maximum absolute atomic E-state index is 5.38. The minimum absolute atomic E-state index is 0.880. The molecule has 1 aromatic carbocycles. The van der Waals surface area contributed by atoms with E-state index in [0.29, 0.717) is 0 Å². The van der Waals surface area contributed by atoms with E-state index in [1.54, 1.807) is 11.3 Å². The van der Waals surface area contributed by atoms with E-state index in [1.165, 1.54) is 16.0 Å². The molecule has 0 bridgehead atoms. The third kappa shape index (κ3) is 3.44. The van der Waals surface area contributed by atoms with Crippen molar-refractivity contribution in [2.24, 2.45) is 0 Å². The summed E-state index contributed by atoms with van der Waals surface area (Å²) >= 11 is 1.68. The number of rotatable bonds is 4. The van der Waals surface area contributed by atoms with Gasteiger partial charge in [0.2, 0.25) is 0 Å². The summed E-state index contributed by atoms with van der Waals surface area (Å²) in [5.41, 5.74) is 2.73. The van der Waals surface area contributed by atoms with Gasteiger partial charge in [-0.3, -0.25) is 4.90 Å². The zero-order chi connectivity index (χ0) is 12.9. The van der Waals surface area contributed by atoms with Crippen molar-refractivity contribution in [2.45, 2.75) is 6.42 Å². The van der Waals surface area contributed by atoms with Crippen LogP contribution in [-0.4, -0.2) is 37.7 Å². The highest BCUT2D eigenvalue weighted by molar-refractivity contribution is 7.13. The summed E-state index contributed by atoms with van der Waals surface area (Å²) in [4.78, 5) is 3.78. The quantitative estimate of drug-likeness (QED) is 0.848. The third-order valence-electron chi connectivity index (χ3n) is 3.50. The Bertz CT molecular complexity index is 503.